The van der Waals surface area contributed by atoms with Gasteiger partial charge in [-0.05, 0) is 24.1 Å². The van der Waals surface area contributed by atoms with Crippen LogP contribution in [0, 0.1) is 11.6 Å². The molecule has 3 aromatic heterocycles. The Balaban J connectivity index is 1.24. The molecule has 32 heavy (non-hydrogen) atoms. The number of aromatic nitrogens is 7. The van der Waals surface area contributed by atoms with E-state index in [0.29, 0.717) is 35.5 Å². The smallest absolute Gasteiger partial charge is 0.318 e. The van der Waals surface area contributed by atoms with Gasteiger partial charge in [0.1, 0.15) is 11.6 Å². The topological polar surface area (TPSA) is 122 Å². The second-order valence-electron chi connectivity index (χ2n) is 7.90. The lowest BCUT2D eigenvalue weighted by Crippen LogP contribution is -2.28. The lowest BCUT2D eigenvalue weighted by molar-refractivity contribution is 0.503. The van der Waals surface area contributed by atoms with E-state index < -0.39 is 11.6 Å². The van der Waals surface area contributed by atoms with Gasteiger partial charge in [-0.2, -0.15) is 15.4 Å². The zero-order chi connectivity index (χ0) is 22.1. The summed E-state index contributed by atoms with van der Waals surface area (Å²) >= 11 is 0. The van der Waals surface area contributed by atoms with Gasteiger partial charge in [-0.1, -0.05) is 12.0 Å². The third kappa shape index (κ3) is 3.98. The van der Waals surface area contributed by atoms with Gasteiger partial charge in [0.05, 0.1) is 17.5 Å². The predicted molar refractivity (Wildman–Crippen MR) is 110 cm³/mol. The molecule has 1 atom stereocenters. The van der Waals surface area contributed by atoms with Gasteiger partial charge in [-0.25, -0.2) is 18.7 Å². The fourth-order valence-corrected chi connectivity index (χ4v) is 3.71. The summed E-state index contributed by atoms with van der Waals surface area (Å²) in [6.07, 6.45) is 5.71. The van der Waals surface area contributed by atoms with Crippen LogP contribution >= 0.6 is 0 Å². The first kappa shape index (κ1) is 20.0. The van der Waals surface area contributed by atoms with E-state index in [0.717, 1.165) is 24.7 Å². The minimum Gasteiger partial charge on any atom is -0.403 e. The standard InChI is InChI=1S/C20H19F2N9O/c1-20(16-10-26-30-27-16)2-3-31(11-20)19-29-28-17(32-19)13-8-24-18(25-9-13)23-7-12-4-14(21)6-15(22)5-12/h4-6,8-10H,2-3,7,11H2,1H3,(H,23,24,25)(H,26,27,30). The third-order valence-electron chi connectivity index (χ3n) is 5.46. The van der Waals surface area contributed by atoms with Crippen LogP contribution in [0.2, 0.25) is 0 Å². The molecule has 1 aromatic carbocycles. The van der Waals surface area contributed by atoms with Crippen LogP contribution in [0.4, 0.5) is 20.7 Å². The van der Waals surface area contributed by atoms with Gasteiger partial charge in [0.25, 0.3) is 5.89 Å². The first-order valence-corrected chi connectivity index (χ1v) is 9.94. The summed E-state index contributed by atoms with van der Waals surface area (Å²) in [5, 5.41) is 22.0. The first-order valence-electron chi connectivity index (χ1n) is 9.94. The van der Waals surface area contributed by atoms with Crippen LogP contribution in [0.5, 0.6) is 0 Å². The van der Waals surface area contributed by atoms with E-state index >= 15 is 0 Å². The highest BCUT2D eigenvalue weighted by molar-refractivity contribution is 5.52. The minimum absolute atomic E-state index is 0.150. The summed E-state index contributed by atoms with van der Waals surface area (Å²) in [5.41, 5.74) is 1.75. The van der Waals surface area contributed by atoms with E-state index in [4.69, 9.17) is 4.42 Å². The number of nitrogens with one attached hydrogen (secondary N) is 2. The van der Waals surface area contributed by atoms with Crippen molar-refractivity contribution in [2.24, 2.45) is 0 Å². The second-order valence-corrected chi connectivity index (χ2v) is 7.90. The monoisotopic (exact) mass is 439 g/mol. The highest BCUT2D eigenvalue weighted by atomic mass is 19.1. The molecule has 1 saturated heterocycles. The largest absolute Gasteiger partial charge is 0.403 e. The van der Waals surface area contributed by atoms with E-state index in [1.807, 2.05) is 4.90 Å². The van der Waals surface area contributed by atoms with Crippen LogP contribution in [0.15, 0.2) is 41.2 Å². The maximum Gasteiger partial charge on any atom is 0.318 e. The minimum atomic E-state index is -0.635. The van der Waals surface area contributed by atoms with E-state index in [1.165, 1.54) is 12.1 Å². The molecule has 0 amide bonds. The van der Waals surface area contributed by atoms with Crippen LogP contribution in [-0.4, -0.2) is 48.7 Å². The molecule has 5 rings (SSSR count). The molecule has 0 saturated carbocycles. The van der Waals surface area contributed by atoms with Crippen LogP contribution < -0.4 is 10.2 Å². The zero-order valence-electron chi connectivity index (χ0n) is 17.1. The Kier molecular flexibility index (Phi) is 4.96. The molecule has 0 bridgehead atoms. The molecule has 4 heterocycles. The molecule has 0 spiro atoms. The molecular formula is C20H19F2N9O. The number of nitrogens with zero attached hydrogens (tertiary/aromatic N) is 7. The first-order chi connectivity index (χ1) is 15.5. The van der Waals surface area contributed by atoms with Crippen molar-refractivity contribution in [3.63, 3.8) is 0 Å². The van der Waals surface area contributed by atoms with Crippen LogP contribution in [0.25, 0.3) is 11.5 Å². The Bertz CT molecular complexity index is 1190. The maximum absolute atomic E-state index is 13.3. The number of benzene rings is 1. The van der Waals surface area contributed by atoms with E-state index in [1.54, 1.807) is 18.6 Å². The highest BCUT2D eigenvalue weighted by Crippen LogP contribution is 2.35. The quantitative estimate of drug-likeness (QED) is 0.467. The molecule has 1 aliphatic rings. The van der Waals surface area contributed by atoms with Crippen molar-refractivity contribution in [1.29, 1.82) is 0 Å². The molecule has 164 valence electrons. The lowest BCUT2D eigenvalue weighted by atomic mass is 9.87. The predicted octanol–water partition coefficient (Wildman–Crippen LogP) is 2.70. The van der Waals surface area contributed by atoms with Gasteiger partial charge in [0, 0.05) is 43.5 Å². The Morgan fingerprint density at radius 3 is 2.62 bits per heavy atom. The SMILES string of the molecule is CC1(c2cn[nH]n2)CCN(c2nnc(-c3cnc(NCc4cc(F)cc(F)c4)nc3)o2)C1. The number of halogens is 2. The van der Waals surface area contributed by atoms with Crippen molar-refractivity contribution in [3.05, 3.63) is 59.7 Å². The zero-order valence-corrected chi connectivity index (χ0v) is 17.1. The summed E-state index contributed by atoms with van der Waals surface area (Å²) in [7, 11) is 0. The Labute approximate surface area is 181 Å². The molecular weight excluding hydrogens is 420 g/mol. The Hall–Kier alpha value is -3.96. The lowest BCUT2D eigenvalue weighted by Gasteiger charge is -2.20. The molecule has 4 aromatic rings. The Morgan fingerprint density at radius 1 is 1.12 bits per heavy atom. The van der Waals surface area contributed by atoms with Crippen LogP contribution in [0.1, 0.15) is 24.6 Å². The summed E-state index contributed by atoms with van der Waals surface area (Å²) < 4.78 is 32.4. The molecule has 1 fully saturated rings. The summed E-state index contributed by atoms with van der Waals surface area (Å²) in [5.74, 6) is -0.663. The molecule has 0 aliphatic carbocycles. The number of hydrogen-bond donors (Lipinski definition) is 2. The van der Waals surface area contributed by atoms with Gasteiger partial charge in [-0.3, -0.25) is 0 Å². The van der Waals surface area contributed by atoms with Crippen molar-refractivity contribution in [1.82, 2.24) is 35.6 Å². The van der Waals surface area contributed by atoms with Crippen molar-refractivity contribution in [2.45, 2.75) is 25.3 Å². The molecule has 1 unspecified atom stereocenters. The fraction of sp³-hybridized carbons (Fsp3) is 0.300. The number of hydrogen-bond acceptors (Lipinski definition) is 9. The Morgan fingerprint density at radius 2 is 1.91 bits per heavy atom. The molecule has 0 radical (unpaired) electrons. The highest BCUT2D eigenvalue weighted by Gasteiger charge is 2.39. The summed E-state index contributed by atoms with van der Waals surface area (Å²) in [6, 6.07) is 3.74. The van der Waals surface area contributed by atoms with E-state index in [2.05, 4.69) is 47.8 Å². The molecule has 1 aliphatic heterocycles. The summed E-state index contributed by atoms with van der Waals surface area (Å²) in [4.78, 5) is 10.4. The van der Waals surface area contributed by atoms with Crippen molar-refractivity contribution in [3.8, 4) is 11.5 Å². The summed E-state index contributed by atoms with van der Waals surface area (Å²) in [6.45, 7) is 3.74. The average Bonchev–Trinajstić information content (AvgIpc) is 3.53. The molecule has 10 nitrogen and oxygen atoms in total. The number of aromatic amines is 1. The third-order valence-corrected chi connectivity index (χ3v) is 5.46. The molecule has 12 heteroatoms. The van der Waals surface area contributed by atoms with Gasteiger partial charge in [0.15, 0.2) is 0 Å². The van der Waals surface area contributed by atoms with Gasteiger partial charge < -0.3 is 14.6 Å². The molecule has 2 N–H and O–H groups in total. The normalized spacial score (nSPS) is 18.3. The number of rotatable bonds is 6. The average molecular weight is 439 g/mol. The maximum atomic E-state index is 13.3. The van der Waals surface area contributed by atoms with Gasteiger partial charge in [-0.15, -0.1) is 5.10 Å². The van der Waals surface area contributed by atoms with E-state index in [-0.39, 0.29) is 12.0 Å². The van der Waals surface area contributed by atoms with Crippen molar-refractivity contribution >= 4 is 12.0 Å². The second kappa shape index (κ2) is 7.94. The fourth-order valence-electron chi connectivity index (χ4n) is 3.71. The van der Waals surface area contributed by atoms with E-state index in [9.17, 15) is 8.78 Å². The van der Waals surface area contributed by atoms with Crippen LogP contribution in [0.3, 0.4) is 0 Å². The van der Waals surface area contributed by atoms with Crippen LogP contribution in [-0.2, 0) is 12.0 Å². The van der Waals surface area contributed by atoms with Crippen molar-refractivity contribution < 1.29 is 13.2 Å². The number of H-pyrrole nitrogens is 1. The number of anilines is 2. The van der Waals surface area contributed by atoms with Gasteiger partial charge >= 0.3 is 6.01 Å². The van der Waals surface area contributed by atoms with Crippen molar-refractivity contribution in [2.75, 3.05) is 23.3 Å². The van der Waals surface area contributed by atoms with Gasteiger partial charge in [0.2, 0.25) is 5.95 Å².